The predicted octanol–water partition coefficient (Wildman–Crippen LogP) is 4.89. The Labute approximate surface area is 199 Å². The van der Waals surface area contributed by atoms with Crippen LogP contribution in [-0.4, -0.2) is 50.1 Å². The van der Waals surface area contributed by atoms with Gasteiger partial charge in [-0.3, -0.25) is 5.43 Å². The van der Waals surface area contributed by atoms with Crippen molar-refractivity contribution in [1.82, 2.24) is 9.29 Å². The first-order valence-corrected chi connectivity index (χ1v) is 13.5. The van der Waals surface area contributed by atoms with Crippen molar-refractivity contribution < 1.29 is 8.42 Å². The normalized spacial score (nSPS) is 14.7. The Morgan fingerprint density at radius 2 is 1.85 bits per heavy atom. The van der Waals surface area contributed by atoms with Crippen LogP contribution in [-0.2, 0) is 10.0 Å². The van der Waals surface area contributed by atoms with Crippen LogP contribution in [0.25, 0.3) is 11.3 Å². The SMILES string of the molecule is CCN(CC)c1ccc(/C=N/Nc2nc(-c3cccc(S(=O)(=O)N4CCCC4)c3)cs2)cc1. The van der Waals surface area contributed by atoms with E-state index in [1.165, 1.54) is 17.0 Å². The standard InChI is InChI=1S/C24H29N5O2S2/c1-3-28(4-2)21-12-10-19(11-13-21)17-25-27-24-26-23(18-32-24)20-8-7-9-22(16-20)33(30,31)29-14-5-6-15-29/h7-13,16-18H,3-6,14-15H2,1-2H3,(H,26,27)/b25-17+. The lowest BCUT2D eigenvalue weighted by Crippen LogP contribution is -2.27. The molecule has 174 valence electrons. The molecule has 4 rings (SSSR count). The van der Waals surface area contributed by atoms with Gasteiger partial charge in [-0.1, -0.05) is 24.3 Å². The molecule has 0 spiro atoms. The van der Waals surface area contributed by atoms with Crippen molar-refractivity contribution >= 4 is 38.4 Å². The van der Waals surface area contributed by atoms with Crippen LogP contribution in [0.15, 0.2) is 63.9 Å². The summed E-state index contributed by atoms with van der Waals surface area (Å²) in [6.45, 7) is 7.43. The Bertz CT molecular complexity index is 1200. The van der Waals surface area contributed by atoms with E-state index in [-0.39, 0.29) is 0 Å². The monoisotopic (exact) mass is 483 g/mol. The number of sulfonamides is 1. The maximum Gasteiger partial charge on any atom is 0.243 e. The van der Waals surface area contributed by atoms with Gasteiger partial charge in [-0.15, -0.1) is 11.3 Å². The maximum atomic E-state index is 12.9. The minimum atomic E-state index is -3.45. The summed E-state index contributed by atoms with van der Waals surface area (Å²) < 4.78 is 27.3. The molecule has 1 aliphatic rings. The van der Waals surface area contributed by atoms with Crippen molar-refractivity contribution in [2.75, 3.05) is 36.5 Å². The van der Waals surface area contributed by atoms with Gasteiger partial charge >= 0.3 is 0 Å². The molecule has 2 aromatic carbocycles. The quantitative estimate of drug-likeness (QED) is 0.346. The molecule has 0 unspecified atom stereocenters. The molecule has 9 heteroatoms. The van der Waals surface area contributed by atoms with Crippen molar-refractivity contribution in [2.24, 2.45) is 5.10 Å². The molecule has 1 aliphatic heterocycles. The van der Waals surface area contributed by atoms with Crippen LogP contribution in [0.5, 0.6) is 0 Å². The highest BCUT2D eigenvalue weighted by Crippen LogP contribution is 2.28. The minimum absolute atomic E-state index is 0.315. The number of anilines is 2. The number of hydrogen-bond donors (Lipinski definition) is 1. The van der Waals surface area contributed by atoms with Gasteiger partial charge in [-0.2, -0.15) is 9.41 Å². The zero-order valence-corrected chi connectivity index (χ0v) is 20.6. The van der Waals surface area contributed by atoms with Crippen LogP contribution >= 0.6 is 11.3 Å². The third kappa shape index (κ3) is 5.43. The minimum Gasteiger partial charge on any atom is -0.372 e. The second-order valence-corrected chi connectivity index (χ2v) is 10.6. The number of hydrazone groups is 1. The fourth-order valence-corrected chi connectivity index (χ4v) is 6.11. The van der Waals surface area contributed by atoms with Gasteiger partial charge in [-0.05, 0) is 56.5 Å². The summed E-state index contributed by atoms with van der Waals surface area (Å²) in [5.74, 6) is 0. The van der Waals surface area contributed by atoms with Crippen LogP contribution in [0.2, 0.25) is 0 Å². The molecule has 0 saturated carbocycles. The summed E-state index contributed by atoms with van der Waals surface area (Å²) in [5, 5.41) is 6.85. The fraction of sp³-hybridized carbons (Fsp3) is 0.333. The van der Waals surface area contributed by atoms with Crippen LogP contribution < -0.4 is 10.3 Å². The van der Waals surface area contributed by atoms with Crippen molar-refractivity contribution in [1.29, 1.82) is 0 Å². The lowest BCUT2D eigenvalue weighted by Gasteiger charge is -2.20. The summed E-state index contributed by atoms with van der Waals surface area (Å²) in [7, 11) is -3.45. The van der Waals surface area contributed by atoms with Crippen LogP contribution in [0.1, 0.15) is 32.3 Å². The second kappa shape index (κ2) is 10.5. The maximum absolute atomic E-state index is 12.9. The van der Waals surface area contributed by atoms with E-state index in [0.29, 0.717) is 23.1 Å². The Kier molecular flexibility index (Phi) is 7.42. The van der Waals surface area contributed by atoms with Crippen molar-refractivity contribution in [2.45, 2.75) is 31.6 Å². The molecular weight excluding hydrogens is 454 g/mol. The number of aromatic nitrogens is 1. The lowest BCUT2D eigenvalue weighted by molar-refractivity contribution is 0.477. The highest BCUT2D eigenvalue weighted by atomic mass is 32.2. The first-order valence-electron chi connectivity index (χ1n) is 11.2. The van der Waals surface area contributed by atoms with Crippen LogP contribution in [0.4, 0.5) is 10.8 Å². The van der Waals surface area contributed by atoms with Gasteiger partial charge < -0.3 is 4.90 Å². The number of hydrogen-bond acceptors (Lipinski definition) is 7. The first-order chi connectivity index (χ1) is 16.0. The Morgan fingerprint density at radius 3 is 2.55 bits per heavy atom. The van der Waals surface area contributed by atoms with E-state index < -0.39 is 10.0 Å². The van der Waals surface area contributed by atoms with E-state index >= 15 is 0 Å². The Morgan fingerprint density at radius 1 is 1.12 bits per heavy atom. The molecule has 1 aromatic heterocycles. The van der Waals surface area contributed by atoms with Crippen LogP contribution in [0, 0.1) is 0 Å². The lowest BCUT2D eigenvalue weighted by atomic mass is 10.2. The number of nitrogens with one attached hydrogen (secondary N) is 1. The highest BCUT2D eigenvalue weighted by Gasteiger charge is 2.27. The molecule has 1 N–H and O–H groups in total. The fourth-order valence-electron chi connectivity index (χ4n) is 3.87. The third-order valence-electron chi connectivity index (χ3n) is 5.73. The smallest absolute Gasteiger partial charge is 0.243 e. The molecule has 1 fully saturated rings. The summed E-state index contributed by atoms with van der Waals surface area (Å²) in [6, 6.07) is 15.3. The van der Waals surface area contributed by atoms with Gasteiger partial charge in [0.15, 0.2) is 0 Å². The molecule has 7 nitrogen and oxygen atoms in total. The van der Waals surface area contributed by atoms with E-state index in [0.717, 1.165) is 42.8 Å². The Balaban J connectivity index is 1.42. The van der Waals surface area contributed by atoms with Crippen LogP contribution in [0.3, 0.4) is 0 Å². The topological polar surface area (TPSA) is 77.9 Å². The largest absolute Gasteiger partial charge is 0.372 e. The number of benzene rings is 2. The van der Waals surface area contributed by atoms with Crippen molar-refractivity contribution in [3.8, 4) is 11.3 Å². The molecule has 0 bridgehead atoms. The average Bonchev–Trinajstić information content (AvgIpc) is 3.54. The van der Waals surface area contributed by atoms with Gasteiger partial charge in [0.2, 0.25) is 15.2 Å². The molecule has 0 radical (unpaired) electrons. The number of nitrogens with zero attached hydrogens (tertiary/aromatic N) is 4. The van der Waals surface area contributed by atoms with Gasteiger partial charge in [0.05, 0.1) is 16.8 Å². The molecule has 0 aliphatic carbocycles. The molecule has 0 amide bonds. The molecule has 3 aromatic rings. The second-order valence-electron chi connectivity index (χ2n) is 7.81. The summed E-state index contributed by atoms with van der Waals surface area (Å²) in [6.07, 6.45) is 3.59. The van der Waals surface area contributed by atoms with Gasteiger partial charge in [-0.25, -0.2) is 13.4 Å². The third-order valence-corrected chi connectivity index (χ3v) is 8.37. The summed E-state index contributed by atoms with van der Waals surface area (Å²) >= 11 is 1.43. The van der Waals surface area contributed by atoms with Gasteiger partial charge in [0.1, 0.15) is 0 Å². The van der Waals surface area contributed by atoms with Crippen molar-refractivity contribution in [3.05, 3.63) is 59.5 Å². The van der Waals surface area contributed by atoms with E-state index in [4.69, 9.17) is 0 Å². The van der Waals surface area contributed by atoms with Gasteiger partial charge in [0.25, 0.3) is 0 Å². The molecule has 1 saturated heterocycles. The first kappa shape index (κ1) is 23.4. The molecule has 2 heterocycles. The molecular formula is C24H29N5O2S2. The molecule has 0 atom stereocenters. The van der Waals surface area contributed by atoms with Crippen molar-refractivity contribution in [3.63, 3.8) is 0 Å². The Hall–Kier alpha value is -2.75. The zero-order valence-electron chi connectivity index (χ0n) is 18.9. The van der Waals surface area contributed by atoms with E-state index in [9.17, 15) is 8.42 Å². The average molecular weight is 484 g/mol. The predicted molar refractivity (Wildman–Crippen MR) is 137 cm³/mol. The number of rotatable bonds is 9. The van der Waals surface area contributed by atoms with E-state index in [1.807, 2.05) is 23.6 Å². The highest BCUT2D eigenvalue weighted by molar-refractivity contribution is 7.89. The van der Waals surface area contributed by atoms with E-state index in [2.05, 4.69) is 46.4 Å². The zero-order chi connectivity index (χ0) is 23.3. The number of thiazole rings is 1. The van der Waals surface area contributed by atoms with E-state index in [1.54, 1.807) is 28.7 Å². The summed E-state index contributed by atoms with van der Waals surface area (Å²) in [5.41, 5.74) is 6.66. The van der Waals surface area contributed by atoms with Gasteiger partial charge in [0, 0.05) is 42.8 Å². The summed E-state index contributed by atoms with van der Waals surface area (Å²) in [4.78, 5) is 7.18. The molecule has 33 heavy (non-hydrogen) atoms.